The maximum absolute atomic E-state index is 12.2. The van der Waals surface area contributed by atoms with E-state index in [0.29, 0.717) is 22.8 Å². The monoisotopic (exact) mass is 381 g/mol. The van der Waals surface area contributed by atoms with Gasteiger partial charge in [0.1, 0.15) is 11.4 Å². The SMILES string of the molecule is COc1ccc(C(NC(=O)COc2c(C)nn(C)c2C)C(=O)O)cc1Cl. The molecule has 2 aromatic rings. The molecule has 0 aliphatic heterocycles. The second-order valence-electron chi connectivity index (χ2n) is 5.64. The molecule has 1 unspecified atom stereocenters. The van der Waals surface area contributed by atoms with Gasteiger partial charge in [-0.05, 0) is 31.5 Å². The highest BCUT2D eigenvalue weighted by atomic mass is 35.5. The van der Waals surface area contributed by atoms with Crippen molar-refractivity contribution in [2.24, 2.45) is 7.05 Å². The van der Waals surface area contributed by atoms with Crippen LogP contribution in [0.5, 0.6) is 11.5 Å². The summed E-state index contributed by atoms with van der Waals surface area (Å²) in [6, 6.07) is 3.25. The number of aromatic nitrogens is 2. The molecule has 2 rings (SSSR count). The minimum atomic E-state index is -1.26. The topological polar surface area (TPSA) is 103 Å². The summed E-state index contributed by atoms with van der Waals surface area (Å²) in [4.78, 5) is 23.7. The zero-order valence-electron chi connectivity index (χ0n) is 14.9. The van der Waals surface area contributed by atoms with E-state index in [2.05, 4.69) is 10.4 Å². The molecule has 9 heteroatoms. The van der Waals surface area contributed by atoms with Gasteiger partial charge in [0.15, 0.2) is 18.4 Å². The molecular weight excluding hydrogens is 362 g/mol. The molecule has 1 heterocycles. The van der Waals surface area contributed by atoms with Gasteiger partial charge in [0.2, 0.25) is 0 Å². The summed E-state index contributed by atoms with van der Waals surface area (Å²) in [5.41, 5.74) is 1.74. The largest absolute Gasteiger partial charge is 0.495 e. The van der Waals surface area contributed by atoms with Crippen LogP contribution in [0.3, 0.4) is 0 Å². The molecule has 0 saturated heterocycles. The lowest BCUT2D eigenvalue weighted by Gasteiger charge is -2.16. The zero-order valence-corrected chi connectivity index (χ0v) is 15.6. The Morgan fingerprint density at radius 3 is 2.58 bits per heavy atom. The van der Waals surface area contributed by atoms with Gasteiger partial charge in [-0.25, -0.2) is 4.79 Å². The third kappa shape index (κ3) is 4.26. The van der Waals surface area contributed by atoms with Crippen molar-refractivity contribution in [1.82, 2.24) is 15.1 Å². The molecule has 140 valence electrons. The second-order valence-corrected chi connectivity index (χ2v) is 6.05. The number of carboxylic acids is 1. The minimum Gasteiger partial charge on any atom is -0.495 e. The lowest BCUT2D eigenvalue weighted by atomic mass is 10.1. The number of ether oxygens (including phenoxy) is 2. The first-order chi connectivity index (χ1) is 12.2. The average molecular weight is 382 g/mol. The first-order valence-corrected chi connectivity index (χ1v) is 8.11. The van der Waals surface area contributed by atoms with Crippen molar-refractivity contribution in [1.29, 1.82) is 0 Å². The average Bonchev–Trinajstić information content (AvgIpc) is 2.82. The standard InChI is InChI=1S/C17H20ClN3O5/c1-9-16(10(2)21(3)20-9)26-8-14(22)19-15(17(23)24)11-5-6-13(25-4)12(18)7-11/h5-7,15H,8H2,1-4H3,(H,19,22)(H,23,24). The lowest BCUT2D eigenvalue weighted by Crippen LogP contribution is -2.36. The van der Waals surface area contributed by atoms with Crippen LogP contribution in [0, 0.1) is 13.8 Å². The number of nitrogens with zero attached hydrogens (tertiary/aromatic N) is 2. The van der Waals surface area contributed by atoms with Gasteiger partial charge >= 0.3 is 5.97 Å². The number of methoxy groups -OCH3 is 1. The van der Waals surface area contributed by atoms with E-state index in [4.69, 9.17) is 21.1 Å². The van der Waals surface area contributed by atoms with Crippen molar-refractivity contribution >= 4 is 23.5 Å². The van der Waals surface area contributed by atoms with Crippen LogP contribution in [0.15, 0.2) is 18.2 Å². The summed E-state index contributed by atoms with van der Waals surface area (Å²) in [5.74, 6) is -0.876. The fraction of sp³-hybridized carbons (Fsp3) is 0.353. The molecule has 0 aliphatic rings. The fourth-order valence-corrected chi connectivity index (χ4v) is 2.72. The molecule has 1 atom stereocenters. The van der Waals surface area contributed by atoms with Crippen LogP contribution in [0.1, 0.15) is 23.0 Å². The summed E-state index contributed by atoms with van der Waals surface area (Å²) in [6.07, 6.45) is 0. The summed E-state index contributed by atoms with van der Waals surface area (Å²) in [5, 5.41) is 16.3. The van der Waals surface area contributed by atoms with Crippen molar-refractivity contribution in [2.75, 3.05) is 13.7 Å². The molecule has 8 nitrogen and oxygen atoms in total. The van der Waals surface area contributed by atoms with Crippen molar-refractivity contribution in [3.8, 4) is 11.5 Å². The first-order valence-electron chi connectivity index (χ1n) is 7.73. The number of carboxylic acid groups (broad SMARTS) is 1. The number of rotatable bonds is 7. The third-order valence-electron chi connectivity index (χ3n) is 3.85. The molecule has 26 heavy (non-hydrogen) atoms. The highest BCUT2D eigenvalue weighted by molar-refractivity contribution is 6.32. The van der Waals surface area contributed by atoms with Crippen LogP contribution in [0.25, 0.3) is 0 Å². The molecule has 0 aliphatic carbocycles. The normalized spacial score (nSPS) is 11.7. The van der Waals surface area contributed by atoms with E-state index in [-0.39, 0.29) is 11.6 Å². The smallest absolute Gasteiger partial charge is 0.330 e. The van der Waals surface area contributed by atoms with E-state index in [9.17, 15) is 14.7 Å². The summed E-state index contributed by atoms with van der Waals surface area (Å²) in [6.45, 7) is 3.24. The van der Waals surface area contributed by atoms with Crippen molar-refractivity contribution in [3.63, 3.8) is 0 Å². The molecule has 1 aromatic carbocycles. The van der Waals surface area contributed by atoms with Gasteiger partial charge in [-0.15, -0.1) is 0 Å². The Balaban J connectivity index is 2.08. The van der Waals surface area contributed by atoms with Crippen molar-refractivity contribution < 1.29 is 24.2 Å². The number of halogens is 1. The zero-order chi connectivity index (χ0) is 19.4. The van der Waals surface area contributed by atoms with Gasteiger partial charge in [-0.1, -0.05) is 17.7 Å². The molecular formula is C17H20ClN3O5. The quantitative estimate of drug-likeness (QED) is 0.760. The second kappa shape index (κ2) is 8.09. The molecule has 1 aromatic heterocycles. The number of benzene rings is 1. The number of hydrogen-bond donors (Lipinski definition) is 2. The van der Waals surface area contributed by atoms with Gasteiger partial charge in [0, 0.05) is 7.05 Å². The van der Waals surface area contributed by atoms with Crippen molar-refractivity contribution in [3.05, 3.63) is 40.2 Å². The highest BCUT2D eigenvalue weighted by Gasteiger charge is 2.23. The van der Waals surface area contributed by atoms with E-state index in [1.165, 1.54) is 19.2 Å². The van der Waals surface area contributed by atoms with Crippen LogP contribution >= 0.6 is 11.6 Å². The molecule has 0 spiro atoms. The van der Waals surface area contributed by atoms with E-state index < -0.39 is 17.9 Å². The van der Waals surface area contributed by atoms with Gasteiger partial charge in [0.25, 0.3) is 5.91 Å². The first kappa shape index (κ1) is 19.6. The van der Waals surface area contributed by atoms with Gasteiger partial charge < -0.3 is 19.9 Å². The van der Waals surface area contributed by atoms with Crippen LogP contribution in [-0.2, 0) is 16.6 Å². The number of amides is 1. The number of hydrogen-bond acceptors (Lipinski definition) is 5. The lowest BCUT2D eigenvalue weighted by molar-refractivity contribution is -0.142. The number of aryl methyl sites for hydroxylation is 2. The van der Waals surface area contributed by atoms with E-state index in [1.807, 2.05) is 6.92 Å². The maximum Gasteiger partial charge on any atom is 0.330 e. The van der Waals surface area contributed by atoms with Crippen molar-refractivity contribution in [2.45, 2.75) is 19.9 Å². The Kier molecular flexibility index (Phi) is 6.10. The molecule has 0 radical (unpaired) electrons. The maximum atomic E-state index is 12.2. The van der Waals surface area contributed by atoms with Crippen LogP contribution in [0.2, 0.25) is 5.02 Å². The molecule has 2 N–H and O–H groups in total. The Bertz CT molecular complexity index is 834. The van der Waals surface area contributed by atoms with Crippen LogP contribution in [0.4, 0.5) is 0 Å². The molecule has 0 fully saturated rings. The predicted octanol–water partition coefficient (Wildman–Crippen LogP) is 2.02. The van der Waals surface area contributed by atoms with Crippen LogP contribution in [-0.4, -0.2) is 40.5 Å². The highest BCUT2D eigenvalue weighted by Crippen LogP contribution is 2.28. The summed E-state index contributed by atoms with van der Waals surface area (Å²) in [7, 11) is 3.22. The summed E-state index contributed by atoms with van der Waals surface area (Å²) < 4.78 is 12.2. The Morgan fingerprint density at radius 2 is 2.08 bits per heavy atom. The fourth-order valence-electron chi connectivity index (χ4n) is 2.45. The Labute approximate surface area is 155 Å². The number of carbonyl (C=O) groups excluding carboxylic acids is 1. The Morgan fingerprint density at radius 1 is 1.38 bits per heavy atom. The number of carbonyl (C=O) groups is 2. The van der Waals surface area contributed by atoms with Gasteiger partial charge in [-0.3, -0.25) is 9.48 Å². The van der Waals surface area contributed by atoms with Crippen LogP contribution < -0.4 is 14.8 Å². The van der Waals surface area contributed by atoms with Gasteiger partial charge in [0.05, 0.1) is 17.8 Å². The summed E-state index contributed by atoms with van der Waals surface area (Å²) >= 11 is 6.03. The minimum absolute atomic E-state index is 0.253. The van der Waals surface area contributed by atoms with E-state index in [0.717, 1.165) is 5.69 Å². The molecule has 1 amide bonds. The molecule has 0 bridgehead atoms. The van der Waals surface area contributed by atoms with E-state index in [1.54, 1.807) is 24.7 Å². The number of aliphatic carboxylic acids is 1. The number of nitrogens with one attached hydrogen (secondary N) is 1. The Hall–Kier alpha value is -2.74. The molecule has 0 saturated carbocycles. The predicted molar refractivity (Wildman–Crippen MR) is 94.7 cm³/mol. The third-order valence-corrected chi connectivity index (χ3v) is 4.15. The van der Waals surface area contributed by atoms with Gasteiger partial charge in [-0.2, -0.15) is 5.10 Å². The van der Waals surface area contributed by atoms with E-state index >= 15 is 0 Å².